The molecule has 2 aromatic heterocycles. The number of para-hydroxylation sites is 1. The first-order chi connectivity index (χ1) is 14.7. The zero-order chi connectivity index (χ0) is 20.8. The maximum absolute atomic E-state index is 10.2. The predicted octanol–water partition coefficient (Wildman–Crippen LogP) is 5.12. The molecular formula is C25H21N3O2. The van der Waals surface area contributed by atoms with Crippen molar-refractivity contribution >= 4 is 10.9 Å². The van der Waals surface area contributed by atoms with E-state index in [0.29, 0.717) is 17.1 Å². The molecule has 0 bridgehead atoms. The summed E-state index contributed by atoms with van der Waals surface area (Å²) in [5.74, 6) is 1.38. The number of nitriles is 1. The summed E-state index contributed by atoms with van der Waals surface area (Å²) in [5.41, 5.74) is 7.88. The molecule has 30 heavy (non-hydrogen) atoms. The molecule has 5 rings (SSSR count). The fourth-order valence-corrected chi connectivity index (χ4v) is 4.63. The summed E-state index contributed by atoms with van der Waals surface area (Å²) in [6, 6.07) is 16.6. The van der Waals surface area contributed by atoms with Crippen LogP contribution >= 0.6 is 0 Å². The van der Waals surface area contributed by atoms with Gasteiger partial charge < -0.3 is 14.0 Å². The van der Waals surface area contributed by atoms with Crippen LogP contribution in [0.4, 0.5) is 0 Å². The highest BCUT2D eigenvalue weighted by atomic mass is 16.5. The van der Waals surface area contributed by atoms with E-state index in [4.69, 9.17) is 9.47 Å². The molecule has 0 saturated heterocycles. The number of rotatable bonds is 3. The molecule has 0 spiro atoms. The normalized spacial score (nSPS) is 12.2. The zero-order valence-corrected chi connectivity index (χ0v) is 17.2. The van der Waals surface area contributed by atoms with Crippen LogP contribution < -0.4 is 9.47 Å². The summed E-state index contributed by atoms with van der Waals surface area (Å²) >= 11 is 0. The largest absolute Gasteiger partial charge is 0.493 e. The van der Waals surface area contributed by atoms with Gasteiger partial charge >= 0.3 is 0 Å². The van der Waals surface area contributed by atoms with Crippen LogP contribution in [0.1, 0.15) is 16.8 Å². The molecule has 0 unspecified atom stereocenters. The SMILES string of the molecule is COc1cc2c(cc1OC)-c1c(C#N)c(-c3ccnc4ccccc34)c(C)n1CC2. The Hall–Kier alpha value is -3.78. The smallest absolute Gasteiger partial charge is 0.161 e. The second-order valence-corrected chi connectivity index (χ2v) is 7.44. The van der Waals surface area contributed by atoms with Crippen molar-refractivity contribution in [3.05, 3.63) is 65.5 Å². The quantitative estimate of drug-likeness (QED) is 0.483. The van der Waals surface area contributed by atoms with Crippen LogP contribution in [-0.2, 0) is 13.0 Å². The molecule has 4 aromatic rings. The van der Waals surface area contributed by atoms with Gasteiger partial charge in [0.15, 0.2) is 11.5 Å². The minimum absolute atomic E-state index is 0.670. The second-order valence-electron chi connectivity index (χ2n) is 7.44. The number of ether oxygens (including phenoxy) is 2. The number of aryl methyl sites for hydroxylation is 1. The van der Waals surface area contributed by atoms with Gasteiger partial charge in [0.05, 0.1) is 31.0 Å². The van der Waals surface area contributed by atoms with Gasteiger partial charge in [-0.1, -0.05) is 18.2 Å². The lowest BCUT2D eigenvalue weighted by molar-refractivity contribution is 0.354. The average molecular weight is 395 g/mol. The monoisotopic (exact) mass is 395 g/mol. The number of pyridine rings is 1. The van der Waals surface area contributed by atoms with Crippen LogP contribution in [0, 0.1) is 18.3 Å². The van der Waals surface area contributed by atoms with E-state index >= 15 is 0 Å². The summed E-state index contributed by atoms with van der Waals surface area (Å²) in [4.78, 5) is 4.49. The Bertz CT molecular complexity index is 1340. The van der Waals surface area contributed by atoms with E-state index in [-0.39, 0.29) is 0 Å². The molecular weight excluding hydrogens is 374 g/mol. The number of benzene rings is 2. The van der Waals surface area contributed by atoms with Crippen molar-refractivity contribution in [3.8, 4) is 40.0 Å². The third-order valence-corrected chi connectivity index (χ3v) is 6.02. The zero-order valence-electron chi connectivity index (χ0n) is 17.2. The number of hydrogen-bond donors (Lipinski definition) is 0. The Morgan fingerprint density at radius 3 is 2.57 bits per heavy atom. The highest BCUT2D eigenvalue weighted by molar-refractivity contribution is 5.98. The van der Waals surface area contributed by atoms with E-state index in [9.17, 15) is 5.26 Å². The molecule has 1 aliphatic heterocycles. The molecule has 0 radical (unpaired) electrons. The molecule has 5 heteroatoms. The van der Waals surface area contributed by atoms with Crippen LogP contribution in [-0.4, -0.2) is 23.8 Å². The van der Waals surface area contributed by atoms with Crippen molar-refractivity contribution in [1.82, 2.24) is 9.55 Å². The number of fused-ring (bicyclic) bond motifs is 4. The van der Waals surface area contributed by atoms with Crippen molar-refractivity contribution in [2.45, 2.75) is 19.9 Å². The Balaban J connectivity index is 1.83. The molecule has 0 saturated carbocycles. The van der Waals surface area contributed by atoms with Gasteiger partial charge in [-0.3, -0.25) is 4.98 Å². The third-order valence-electron chi connectivity index (χ3n) is 6.02. The molecule has 0 N–H and O–H groups in total. The standard InChI is InChI=1S/C25H21N3O2/c1-15-24(18-8-10-27-21-7-5-4-6-17(18)21)20(14-26)25-19-13-23(30-3)22(29-2)12-16(19)9-11-28(15)25/h4-8,10,12-13H,9,11H2,1-3H3. The molecule has 148 valence electrons. The lowest BCUT2D eigenvalue weighted by atomic mass is 9.93. The number of nitrogens with zero attached hydrogens (tertiary/aromatic N) is 3. The summed E-state index contributed by atoms with van der Waals surface area (Å²) in [6.45, 7) is 2.92. The van der Waals surface area contributed by atoms with E-state index in [1.165, 1.54) is 5.56 Å². The maximum Gasteiger partial charge on any atom is 0.161 e. The summed E-state index contributed by atoms with van der Waals surface area (Å²) in [6.07, 6.45) is 2.69. The summed E-state index contributed by atoms with van der Waals surface area (Å²) in [5, 5.41) is 11.3. The van der Waals surface area contributed by atoms with E-state index in [0.717, 1.165) is 51.9 Å². The molecule has 0 amide bonds. The topological polar surface area (TPSA) is 60.1 Å². The molecule has 5 nitrogen and oxygen atoms in total. The van der Waals surface area contributed by atoms with Crippen molar-refractivity contribution in [2.75, 3.05) is 14.2 Å². The van der Waals surface area contributed by atoms with Crippen LogP contribution in [0.15, 0.2) is 48.7 Å². The maximum atomic E-state index is 10.2. The third kappa shape index (κ3) is 2.50. The molecule has 0 atom stereocenters. The number of methoxy groups -OCH3 is 2. The molecule has 1 aliphatic rings. The van der Waals surface area contributed by atoms with Crippen molar-refractivity contribution in [3.63, 3.8) is 0 Å². The minimum Gasteiger partial charge on any atom is -0.493 e. The van der Waals surface area contributed by atoms with Gasteiger partial charge in [0.25, 0.3) is 0 Å². The highest BCUT2D eigenvalue weighted by Crippen LogP contribution is 2.45. The van der Waals surface area contributed by atoms with Gasteiger partial charge in [-0.2, -0.15) is 5.26 Å². The lowest BCUT2D eigenvalue weighted by Crippen LogP contribution is -2.12. The van der Waals surface area contributed by atoms with Crippen LogP contribution in [0.3, 0.4) is 0 Å². The van der Waals surface area contributed by atoms with Gasteiger partial charge in [-0.15, -0.1) is 0 Å². The van der Waals surface area contributed by atoms with E-state index in [1.807, 2.05) is 42.6 Å². The Labute approximate surface area is 175 Å². The van der Waals surface area contributed by atoms with Crippen LogP contribution in [0.5, 0.6) is 11.5 Å². The number of aromatic nitrogens is 2. The molecule has 0 fully saturated rings. The van der Waals surface area contributed by atoms with E-state index in [2.05, 4.69) is 28.6 Å². The van der Waals surface area contributed by atoms with Crippen molar-refractivity contribution in [2.24, 2.45) is 0 Å². The average Bonchev–Trinajstić information content (AvgIpc) is 3.09. The minimum atomic E-state index is 0.670. The van der Waals surface area contributed by atoms with Gasteiger partial charge in [0, 0.05) is 34.9 Å². The summed E-state index contributed by atoms with van der Waals surface area (Å²) in [7, 11) is 3.28. The van der Waals surface area contributed by atoms with Gasteiger partial charge in [0.2, 0.25) is 0 Å². The first-order valence-electron chi connectivity index (χ1n) is 9.90. The first kappa shape index (κ1) is 18.3. The highest BCUT2D eigenvalue weighted by Gasteiger charge is 2.29. The van der Waals surface area contributed by atoms with Crippen molar-refractivity contribution in [1.29, 1.82) is 5.26 Å². The predicted molar refractivity (Wildman–Crippen MR) is 117 cm³/mol. The van der Waals surface area contributed by atoms with E-state index in [1.54, 1.807) is 14.2 Å². The van der Waals surface area contributed by atoms with Gasteiger partial charge in [-0.05, 0) is 48.7 Å². The Morgan fingerprint density at radius 1 is 1.03 bits per heavy atom. The Kier molecular flexibility index (Phi) is 4.22. The van der Waals surface area contributed by atoms with Gasteiger partial charge in [0.1, 0.15) is 6.07 Å². The Morgan fingerprint density at radius 2 is 1.80 bits per heavy atom. The fourth-order valence-electron chi connectivity index (χ4n) is 4.63. The van der Waals surface area contributed by atoms with Crippen LogP contribution in [0.2, 0.25) is 0 Å². The molecule has 2 aromatic carbocycles. The fraction of sp³-hybridized carbons (Fsp3) is 0.200. The molecule has 3 heterocycles. The molecule has 0 aliphatic carbocycles. The van der Waals surface area contributed by atoms with Crippen LogP contribution in [0.25, 0.3) is 33.3 Å². The summed E-state index contributed by atoms with van der Waals surface area (Å²) < 4.78 is 13.3. The second kappa shape index (κ2) is 6.93. The van der Waals surface area contributed by atoms with Gasteiger partial charge in [-0.25, -0.2) is 0 Å². The first-order valence-corrected chi connectivity index (χ1v) is 9.90. The lowest BCUT2D eigenvalue weighted by Gasteiger charge is -2.22. The van der Waals surface area contributed by atoms with Crippen molar-refractivity contribution < 1.29 is 9.47 Å². The number of hydrogen-bond acceptors (Lipinski definition) is 4. The van der Waals surface area contributed by atoms with E-state index < -0.39 is 0 Å².